The van der Waals surface area contributed by atoms with Crippen LogP contribution in [0.1, 0.15) is 62.2 Å². The number of benzene rings is 8. The third-order valence-corrected chi connectivity index (χ3v) is 17.2. The molecule has 2 aliphatic heterocycles. The third kappa shape index (κ3) is 12.1. The van der Waals surface area contributed by atoms with Gasteiger partial charge in [-0.15, -0.1) is 23.1 Å². The van der Waals surface area contributed by atoms with Gasteiger partial charge >= 0.3 is 21.6 Å². The van der Waals surface area contributed by atoms with E-state index in [1.807, 2.05) is 164 Å². The largest absolute Gasteiger partial charge is 0.534 e. The molecule has 0 spiro atoms. The van der Waals surface area contributed by atoms with E-state index in [9.17, 15) is 31.2 Å². The Hall–Kier alpha value is -9.56. The van der Waals surface area contributed by atoms with Crippen LogP contribution in [0.25, 0.3) is 0 Å². The molecule has 0 bridgehead atoms. The predicted molar refractivity (Wildman–Crippen MR) is 320 cm³/mol. The Kier molecular flexibility index (Phi) is 16.9. The molecule has 1 unspecified atom stereocenters. The topological polar surface area (TPSA) is 166 Å². The Morgan fingerprint density at radius 3 is 1.64 bits per heavy atom. The molecular weight excluding hydrogens is 1140 g/mol. The number of thioether (sulfide) groups is 1. The summed E-state index contributed by atoms with van der Waals surface area (Å²) in [5.74, 6) is -2.96. The number of alkyl halides is 3. The highest BCUT2D eigenvalue weighted by atomic mass is 32.2. The van der Waals surface area contributed by atoms with Crippen LogP contribution in [0.5, 0.6) is 5.75 Å². The number of aromatic nitrogens is 1. The normalized spacial score (nSPS) is 15.5. The van der Waals surface area contributed by atoms with Gasteiger partial charge in [0.25, 0.3) is 11.8 Å². The number of oxime groups is 1. The Balaban J connectivity index is 0.965. The molecular formula is C66H50F3N5O8S3. The summed E-state index contributed by atoms with van der Waals surface area (Å²) in [5.41, 5.74) is -1.07. The van der Waals surface area contributed by atoms with Gasteiger partial charge in [-0.1, -0.05) is 236 Å². The maximum atomic E-state index is 15.2. The molecule has 1 aromatic heterocycles. The van der Waals surface area contributed by atoms with E-state index in [1.54, 1.807) is 78.2 Å². The van der Waals surface area contributed by atoms with Crippen LogP contribution in [-0.2, 0) is 39.0 Å². The fourth-order valence-electron chi connectivity index (χ4n) is 10.3. The molecule has 19 heteroatoms. The van der Waals surface area contributed by atoms with Gasteiger partial charge in [0.2, 0.25) is 0 Å². The first-order chi connectivity index (χ1) is 41.3. The number of para-hydroxylation sites is 1. The van der Waals surface area contributed by atoms with Gasteiger partial charge in [0, 0.05) is 22.6 Å². The van der Waals surface area contributed by atoms with E-state index >= 15 is 4.79 Å². The molecule has 9 aromatic rings. The van der Waals surface area contributed by atoms with Gasteiger partial charge < -0.3 is 24.4 Å². The summed E-state index contributed by atoms with van der Waals surface area (Å²) in [6.07, 6.45) is 0.105. The first-order valence-electron chi connectivity index (χ1n) is 26.6. The zero-order valence-corrected chi connectivity index (χ0v) is 47.2. The number of amides is 2. The maximum Gasteiger partial charge on any atom is 0.534 e. The lowest BCUT2D eigenvalue weighted by Crippen LogP contribution is -2.71. The number of hydrogen-bond donors (Lipinski definition) is 2. The molecule has 0 saturated carbocycles. The summed E-state index contributed by atoms with van der Waals surface area (Å²) in [6.45, 7) is 0. The lowest BCUT2D eigenvalue weighted by molar-refractivity contribution is -0.154. The summed E-state index contributed by atoms with van der Waals surface area (Å²) >= 11 is 2.26. The summed E-state index contributed by atoms with van der Waals surface area (Å²) in [4.78, 5) is 57.2. The van der Waals surface area contributed by atoms with Gasteiger partial charge in [0.1, 0.15) is 34.6 Å². The van der Waals surface area contributed by atoms with Gasteiger partial charge in [0.05, 0.1) is 0 Å². The molecule has 11 rings (SSSR count). The molecule has 0 radical (unpaired) electrons. The number of nitrogens with one attached hydrogen (secondary N) is 2. The van der Waals surface area contributed by atoms with E-state index in [4.69, 9.17) is 14.6 Å². The van der Waals surface area contributed by atoms with Crippen molar-refractivity contribution in [3.8, 4) is 5.75 Å². The van der Waals surface area contributed by atoms with Crippen molar-refractivity contribution in [3.63, 3.8) is 0 Å². The van der Waals surface area contributed by atoms with Gasteiger partial charge in [-0.25, -0.2) is 9.78 Å². The van der Waals surface area contributed by atoms with Gasteiger partial charge in [-0.2, -0.15) is 21.6 Å². The average molecular weight is 1190 g/mol. The third-order valence-electron chi connectivity index (χ3n) is 14.3. The number of carbonyl (C=O) groups is 3. The summed E-state index contributed by atoms with van der Waals surface area (Å²) < 4.78 is 74.4. The Bertz CT molecular complexity index is 3860. The number of allylic oxidation sites excluding steroid dienone is 1. The standard InChI is InChI=1S/C66H50F3N5O8S3/c67-66(68,69)85(78,79)80-41-40-48-42-83-62-57(61(76)74(62)58(48)63(77)81-59(46-28-12-3-13-29-46)47-30-14-4-15-31-47)71-60(75)56(73-82-54-39-23-22-38-52(54)55(44-24-8-1-9-25-44)45-26-10-2-11-27-45)53-43-84-64(70-53)72-65(49-32-16-5-17-33-49,50-34-18-6-19-35-50)51-36-20-7-21-37-51/h1-41,43,55,57,59,62H,42H2,(H,70,72)(H,71,75)/t57?,62-/m0/s1. The van der Waals surface area contributed by atoms with Crippen LogP contribution in [0.15, 0.2) is 271 Å². The number of esters is 1. The second-order valence-electron chi connectivity index (χ2n) is 19.5. The van der Waals surface area contributed by atoms with Crippen molar-refractivity contribution in [3.05, 3.63) is 316 Å². The van der Waals surface area contributed by atoms with Crippen LogP contribution in [0.2, 0.25) is 0 Å². The number of hydrogen-bond acceptors (Lipinski definition) is 13. The van der Waals surface area contributed by atoms with Crippen molar-refractivity contribution in [2.75, 3.05) is 11.1 Å². The zero-order valence-electron chi connectivity index (χ0n) is 44.7. The maximum absolute atomic E-state index is 15.2. The highest BCUT2D eigenvalue weighted by Crippen LogP contribution is 2.44. The fourth-order valence-corrected chi connectivity index (χ4v) is 12.7. The molecule has 85 heavy (non-hydrogen) atoms. The number of anilines is 1. The first kappa shape index (κ1) is 57.3. The van der Waals surface area contributed by atoms with Gasteiger partial charge in [0.15, 0.2) is 22.7 Å². The summed E-state index contributed by atoms with van der Waals surface area (Å²) in [7, 11) is -6.09. The highest BCUT2D eigenvalue weighted by Gasteiger charge is 2.55. The quantitative estimate of drug-likeness (QED) is 0.0109. The molecule has 2 aliphatic rings. The second-order valence-corrected chi connectivity index (χ2v) is 23.0. The van der Waals surface area contributed by atoms with Gasteiger partial charge in [-0.05, 0) is 56.7 Å². The number of carbonyl (C=O) groups excluding carboxylic acids is 3. The average Bonchev–Trinajstić information content (AvgIpc) is 1.25. The van der Waals surface area contributed by atoms with Crippen molar-refractivity contribution in [1.82, 2.24) is 15.2 Å². The minimum Gasteiger partial charge on any atom is -0.448 e. The Morgan fingerprint density at radius 1 is 0.659 bits per heavy atom. The summed E-state index contributed by atoms with van der Waals surface area (Å²) in [5, 5.41) is 12.2. The van der Waals surface area contributed by atoms with Crippen LogP contribution in [-0.4, -0.2) is 64.5 Å². The number of nitrogens with zero attached hydrogens (tertiary/aromatic N) is 3. The van der Waals surface area contributed by atoms with Crippen LogP contribution < -0.4 is 15.5 Å². The number of β-lactam (4-membered cyclic amide) rings is 1. The molecule has 8 aromatic carbocycles. The molecule has 2 atom stereocenters. The fraction of sp³-hybridized carbons (Fsp3) is 0.106. The first-order valence-corrected chi connectivity index (χ1v) is 29.9. The zero-order chi connectivity index (χ0) is 59.0. The lowest BCUT2D eigenvalue weighted by atomic mass is 9.77. The van der Waals surface area contributed by atoms with Crippen molar-refractivity contribution >= 4 is 61.8 Å². The lowest BCUT2D eigenvalue weighted by Gasteiger charge is -2.49. The number of ether oxygens (including phenoxy) is 1. The molecule has 0 aliphatic carbocycles. The Morgan fingerprint density at radius 2 is 1.13 bits per heavy atom. The van der Waals surface area contributed by atoms with Crippen molar-refractivity contribution in [1.29, 1.82) is 0 Å². The number of rotatable bonds is 20. The van der Waals surface area contributed by atoms with E-state index in [0.717, 1.165) is 56.1 Å². The number of thiazole rings is 1. The van der Waals surface area contributed by atoms with Gasteiger partial charge in [-0.3, -0.25) is 14.5 Å². The molecule has 1 saturated heterocycles. The molecule has 13 nitrogen and oxygen atoms in total. The van der Waals surface area contributed by atoms with Crippen LogP contribution in [0.4, 0.5) is 18.3 Å². The van der Waals surface area contributed by atoms with E-state index in [1.165, 1.54) is 11.3 Å². The van der Waals surface area contributed by atoms with E-state index in [-0.39, 0.29) is 34.9 Å². The second kappa shape index (κ2) is 25.1. The highest BCUT2D eigenvalue weighted by molar-refractivity contribution is 8.00. The number of fused-ring (bicyclic) bond motifs is 1. The smallest absolute Gasteiger partial charge is 0.448 e. The van der Waals surface area contributed by atoms with Crippen molar-refractivity contribution in [2.45, 2.75) is 34.5 Å². The van der Waals surface area contributed by atoms with Crippen molar-refractivity contribution < 1.29 is 49.7 Å². The monoisotopic (exact) mass is 1190 g/mol. The van der Waals surface area contributed by atoms with E-state index < -0.39 is 62.2 Å². The van der Waals surface area contributed by atoms with Crippen LogP contribution in [0, 0.1) is 0 Å². The molecule has 2 N–H and O–H groups in total. The molecule has 3 heterocycles. The summed E-state index contributed by atoms with van der Waals surface area (Å²) in [6, 6.07) is 72.8. The predicted octanol–water partition coefficient (Wildman–Crippen LogP) is 12.9. The van der Waals surface area contributed by atoms with Crippen LogP contribution >= 0.6 is 23.1 Å². The van der Waals surface area contributed by atoms with Crippen LogP contribution in [0.3, 0.4) is 0 Å². The Labute approximate surface area is 496 Å². The molecule has 1 fully saturated rings. The molecule has 426 valence electrons. The molecule has 2 amide bonds. The number of halogens is 3. The SMILES string of the molecule is O=C(NC1C(=O)N2C(C(=O)OC(c3ccccc3)c3ccccc3)=C(C=COS(=O)(=O)C(F)(F)F)CS[C@@H]12)C(=NOc1ccccc1C(c1ccccc1)c1ccccc1)c1csc(NC(c2ccccc2)(c2ccccc2)c2ccccc2)n1. The van der Waals surface area contributed by atoms with E-state index in [0.29, 0.717) is 22.0 Å². The van der Waals surface area contributed by atoms with E-state index in [2.05, 4.69) is 20.0 Å². The van der Waals surface area contributed by atoms with Crippen molar-refractivity contribution in [2.24, 2.45) is 5.16 Å². The minimum atomic E-state index is -6.09. The minimum absolute atomic E-state index is 0.0754.